The van der Waals surface area contributed by atoms with Crippen molar-refractivity contribution >= 4 is 5.97 Å². The fourth-order valence-electron chi connectivity index (χ4n) is 1.78. The Labute approximate surface area is 123 Å². The molecule has 0 aliphatic carbocycles. The van der Waals surface area contributed by atoms with Gasteiger partial charge in [0.15, 0.2) is 0 Å². The molecule has 0 saturated heterocycles. The van der Waals surface area contributed by atoms with Crippen LogP contribution < -0.4 is 4.74 Å². The summed E-state index contributed by atoms with van der Waals surface area (Å²) in [6.07, 6.45) is -0.542. The third-order valence-electron chi connectivity index (χ3n) is 2.91. The molecule has 110 valence electrons. The van der Waals surface area contributed by atoms with Crippen LogP contribution in [0.15, 0.2) is 54.6 Å². The molecule has 0 saturated carbocycles. The van der Waals surface area contributed by atoms with Crippen molar-refractivity contribution in [3.63, 3.8) is 0 Å². The fourth-order valence-corrected chi connectivity index (χ4v) is 1.78. The summed E-state index contributed by atoms with van der Waals surface area (Å²) in [6, 6.07) is 16.6. The van der Waals surface area contributed by atoms with Crippen LogP contribution >= 0.6 is 0 Å². The lowest BCUT2D eigenvalue weighted by Crippen LogP contribution is -2.19. The third kappa shape index (κ3) is 4.33. The maximum atomic E-state index is 12.0. The van der Waals surface area contributed by atoms with Crippen LogP contribution in [-0.2, 0) is 11.3 Å². The van der Waals surface area contributed by atoms with Gasteiger partial charge in [-0.25, -0.2) is 4.79 Å². The molecule has 21 heavy (non-hydrogen) atoms. The molecule has 0 aliphatic heterocycles. The van der Waals surface area contributed by atoms with E-state index in [1.54, 1.807) is 31.2 Å². The van der Waals surface area contributed by atoms with Gasteiger partial charge in [0.1, 0.15) is 24.0 Å². The molecule has 2 aromatic carbocycles. The molecule has 2 rings (SSSR count). The van der Waals surface area contributed by atoms with Gasteiger partial charge in [-0.15, -0.1) is 0 Å². The number of hydrogen-bond donors (Lipinski definition) is 1. The number of esters is 1. The van der Waals surface area contributed by atoms with Gasteiger partial charge in [-0.3, -0.25) is 0 Å². The summed E-state index contributed by atoms with van der Waals surface area (Å²) in [5.41, 5.74) is 1.37. The second-order valence-electron chi connectivity index (χ2n) is 4.67. The number of carbonyl (C=O) groups is 1. The summed E-state index contributed by atoms with van der Waals surface area (Å²) in [5.74, 6) is -0.0308. The van der Waals surface area contributed by atoms with E-state index in [-0.39, 0.29) is 6.61 Å². The molecular weight excluding hydrogens is 268 g/mol. The first kappa shape index (κ1) is 15.1. The predicted octanol–water partition coefficient (Wildman–Crippen LogP) is 2.80. The minimum atomic E-state index is -0.542. The Hall–Kier alpha value is -2.33. The maximum Gasteiger partial charge on any atom is 0.342 e. The monoisotopic (exact) mass is 286 g/mol. The van der Waals surface area contributed by atoms with Crippen LogP contribution in [0.2, 0.25) is 0 Å². The van der Waals surface area contributed by atoms with Crippen LogP contribution in [0.5, 0.6) is 5.75 Å². The third-order valence-corrected chi connectivity index (χ3v) is 2.91. The van der Waals surface area contributed by atoms with E-state index in [0.717, 1.165) is 5.56 Å². The number of rotatable bonds is 6. The highest BCUT2D eigenvalue weighted by molar-refractivity contribution is 5.92. The number of carbonyl (C=O) groups excluding carboxylic acids is 1. The molecule has 2 aromatic rings. The van der Waals surface area contributed by atoms with Crippen LogP contribution in [0.4, 0.5) is 0 Å². The molecule has 0 unspecified atom stereocenters. The Kier molecular flexibility index (Phi) is 5.35. The summed E-state index contributed by atoms with van der Waals surface area (Å²) in [7, 11) is 0. The fraction of sp³-hybridized carbons (Fsp3) is 0.235. The van der Waals surface area contributed by atoms with Gasteiger partial charge in [0.25, 0.3) is 0 Å². The summed E-state index contributed by atoms with van der Waals surface area (Å²) < 4.78 is 10.8. The minimum Gasteiger partial charge on any atom is -0.488 e. The van der Waals surface area contributed by atoms with E-state index in [1.807, 2.05) is 30.3 Å². The van der Waals surface area contributed by atoms with Crippen molar-refractivity contribution in [2.24, 2.45) is 0 Å². The highest BCUT2D eigenvalue weighted by Crippen LogP contribution is 2.20. The van der Waals surface area contributed by atoms with Gasteiger partial charge in [-0.2, -0.15) is 0 Å². The molecule has 4 heteroatoms. The molecule has 0 aromatic heterocycles. The molecule has 0 amide bonds. The lowest BCUT2D eigenvalue weighted by atomic mass is 10.2. The van der Waals surface area contributed by atoms with E-state index in [0.29, 0.717) is 17.9 Å². The number of aliphatic hydroxyl groups is 1. The quantitative estimate of drug-likeness (QED) is 0.830. The second-order valence-corrected chi connectivity index (χ2v) is 4.67. The molecule has 1 N–H and O–H groups in total. The predicted molar refractivity (Wildman–Crippen MR) is 79.2 cm³/mol. The zero-order valence-electron chi connectivity index (χ0n) is 11.9. The first-order chi connectivity index (χ1) is 10.2. The maximum absolute atomic E-state index is 12.0. The molecule has 0 spiro atoms. The Morgan fingerprint density at radius 3 is 2.48 bits per heavy atom. The van der Waals surface area contributed by atoms with E-state index in [9.17, 15) is 4.79 Å². The summed E-state index contributed by atoms with van der Waals surface area (Å²) in [6.45, 7) is 1.80. The number of aliphatic hydroxyl groups excluding tert-OH is 1. The average Bonchev–Trinajstić information content (AvgIpc) is 2.54. The van der Waals surface area contributed by atoms with Gasteiger partial charge in [0, 0.05) is 0 Å². The number of para-hydroxylation sites is 1. The van der Waals surface area contributed by atoms with Gasteiger partial charge < -0.3 is 14.6 Å². The summed E-state index contributed by atoms with van der Waals surface area (Å²) in [4.78, 5) is 12.0. The highest BCUT2D eigenvalue weighted by atomic mass is 16.6. The van der Waals surface area contributed by atoms with Gasteiger partial charge in [0.2, 0.25) is 0 Å². The Morgan fingerprint density at radius 2 is 1.76 bits per heavy atom. The average molecular weight is 286 g/mol. The van der Waals surface area contributed by atoms with E-state index in [4.69, 9.17) is 14.6 Å². The SMILES string of the molecule is C[C@H](CO)OC(=O)c1ccccc1OCc1ccccc1. The molecule has 0 radical (unpaired) electrons. The van der Waals surface area contributed by atoms with Crippen molar-refractivity contribution in [2.45, 2.75) is 19.6 Å². The standard InChI is InChI=1S/C17H18O4/c1-13(11-18)21-17(19)15-9-5-6-10-16(15)20-12-14-7-3-2-4-8-14/h2-10,13,18H,11-12H2,1H3/t13-/m1/s1. The van der Waals surface area contributed by atoms with Crippen LogP contribution in [-0.4, -0.2) is 23.8 Å². The first-order valence-electron chi connectivity index (χ1n) is 6.78. The Balaban J connectivity index is 2.08. The Morgan fingerprint density at radius 1 is 1.10 bits per heavy atom. The molecule has 0 bridgehead atoms. The van der Waals surface area contributed by atoms with Crippen molar-refractivity contribution in [2.75, 3.05) is 6.61 Å². The summed E-state index contributed by atoms with van der Waals surface area (Å²) >= 11 is 0. The van der Waals surface area contributed by atoms with Gasteiger partial charge >= 0.3 is 5.97 Å². The lowest BCUT2D eigenvalue weighted by molar-refractivity contribution is 0.0192. The zero-order valence-corrected chi connectivity index (χ0v) is 11.9. The zero-order chi connectivity index (χ0) is 15.1. The highest BCUT2D eigenvalue weighted by Gasteiger charge is 2.16. The van der Waals surface area contributed by atoms with Crippen molar-refractivity contribution in [3.05, 3.63) is 65.7 Å². The molecule has 4 nitrogen and oxygen atoms in total. The van der Waals surface area contributed by atoms with Crippen molar-refractivity contribution in [1.82, 2.24) is 0 Å². The normalized spacial score (nSPS) is 11.7. The first-order valence-corrected chi connectivity index (χ1v) is 6.78. The minimum absolute atomic E-state index is 0.210. The molecule has 0 heterocycles. The van der Waals surface area contributed by atoms with E-state index < -0.39 is 12.1 Å². The van der Waals surface area contributed by atoms with E-state index >= 15 is 0 Å². The number of ether oxygens (including phenoxy) is 2. The van der Waals surface area contributed by atoms with Crippen LogP contribution in [0.3, 0.4) is 0 Å². The van der Waals surface area contributed by atoms with Crippen molar-refractivity contribution < 1.29 is 19.4 Å². The number of benzene rings is 2. The molecular formula is C17H18O4. The van der Waals surface area contributed by atoms with Crippen molar-refractivity contribution in [3.8, 4) is 5.75 Å². The molecule has 1 atom stereocenters. The Bertz CT molecular complexity index is 580. The second kappa shape index (κ2) is 7.45. The van der Waals surface area contributed by atoms with Crippen molar-refractivity contribution in [1.29, 1.82) is 0 Å². The topological polar surface area (TPSA) is 55.8 Å². The van der Waals surface area contributed by atoms with Gasteiger partial charge in [0.05, 0.1) is 6.61 Å². The largest absolute Gasteiger partial charge is 0.488 e. The molecule has 0 aliphatic rings. The number of hydrogen-bond acceptors (Lipinski definition) is 4. The molecule has 0 fully saturated rings. The van der Waals surface area contributed by atoms with Crippen LogP contribution in [0.1, 0.15) is 22.8 Å². The summed E-state index contributed by atoms with van der Waals surface area (Å²) in [5, 5.41) is 8.94. The lowest BCUT2D eigenvalue weighted by Gasteiger charge is -2.13. The van der Waals surface area contributed by atoms with Crippen LogP contribution in [0.25, 0.3) is 0 Å². The van der Waals surface area contributed by atoms with E-state index in [1.165, 1.54) is 0 Å². The van der Waals surface area contributed by atoms with Crippen LogP contribution in [0, 0.1) is 0 Å². The van der Waals surface area contributed by atoms with Gasteiger partial charge in [-0.05, 0) is 24.6 Å². The van der Waals surface area contributed by atoms with E-state index in [2.05, 4.69) is 0 Å². The smallest absolute Gasteiger partial charge is 0.342 e. The van der Waals surface area contributed by atoms with Gasteiger partial charge in [-0.1, -0.05) is 42.5 Å².